The molecule has 1 amide bonds. The van der Waals surface area contributed by atoms with E-state index in [1.165, 1.54) is 0 Å². The number of aromatic nitrogens is 2. The molecule has 3 aromatic rings. The molecule has 1 saturated heterocycles. The van der Waals surface area contributed by atoms with Gasteiger partial charge in [0, 0.05) is 47.8 Å². The first-order chi connectivity index (χ1) is 14.7. The molecule has 4 rings (SSSR count). The summed E-state index contributed by atoms with van der Waals surface area (Å²) in [7, 11) is 0. The van der Waals surface area contributed by atoms with Gasteiger partial charge in [-0.15, -0.1) is 0 Å². The van der Waals surface area contributed by atoms with Gasteiger partial charge in [0.25, 0.3) is 0 Å². The summed E-state index contributed by atoms with van der Waals surface area (Å²) in [6, 6.07) is 17.4. The number of benzene rings is 2. The first-order valence-electron chi connectivity index (χ1n) is 10.3. The van der Waals surface area contributed by atoms with Crippen molar-refractivity contribution >= 4 is 23.2 Å². The van der Waals surface area contributed by atoms with E-state index in [2.05, 4.69) is 37.2 Å². The largest absolute Gasteiger partial charge is 0.341 e. The van der Waals surface area contributed by atoms with Gasteiger partial charge in [-0.2, -0.15) is 0 Å². The van der Waals surface area contributed by atoms with Crippen LogP contribution in [-0.2, 0) is 11.3 Å². The zero-order valence-corrected chi connectivity index (χ0v) is 17.6. The predicted octanol–water partition coefficient (Wildman–Crippen LogP) is 3.88. The fourth-order valence-electron chi connectivity index (χ4n) is 3.73. The number of aromatic amines is 1. The summed E-state index contributed by atoms with van der Waals surface area (Å²) >= 11 is 5.99. The predicted molar refractivity (Wildman–Crippen MR) is 120 cm³/mol. The number of hydrogen-bond acceptors (Lipinski definition) is 4. The number of imidazole rings is 1. The van der Waals surface area contributed by atoms with Crippen molar-refractivity contribution in [1.82, 2.24) is 19.8 Å². The van der Waals surface area contributed by atoms with Gasteiger partial charge in [0.15, 0.2) is 0 Å². The van der Waals surface area contributed by atoms with Gasteiger partial charge in [-0.3, -0.25) is 14.6 Å². The van der Waals surface area contributed by atoms with E-state index in [-0.39, 0.29) is 5.91 Å². The molecule has 0 aliphatic carbocycles. The van der Waals surface area contributed by atoms with Crippen molar-refractivity contribution in [3.63, 3.8) is 0 Å². The second kappa shape index (κ2) is 9.89. The van der Waals surface area contributed by atoms with E-state index in [0.29, 0.717) is 11.6 Å². The topological polar surface area (TPSA) is 64.3 Å². The Labute approximate surface area is 181 Å². The first kappa shape index (κ1) is 20.6. The zero-order valence-electron chi connectivity index (χ0n) is 16.9. The highest BCUT2D eigenvalue weighted by Crippen LogP contribution is 2.17. The van der Waals surface area contributed by atoms with Crippen molar-refractivity contribution in [2.75, 3.05) is 38.0 Å². The molecule has 2 heterocycles. The van der Waals surface area contributed by atoms with Crippen molar-refractivity contribution in [2.24, 2.45) is 0 Å². The van der Waals surface area contributed by atoms with E-state index in [0.717, 1.165) is 61.9 Å². The minimum absolute atomic E-state index is 0.00760. The molecule has 0 radical (unpaired) electrons. The molecule has 7 heteroatoms. The third kappa shape index (κ3) is 5.69. The number of carbonyl (C=O) groups is 1. The SMILES string of the molecule is O=C(CN1CCCN(Cc2cnc(-c3ccccc3)[nH]2)CC1)Nc1cccc(Cl)c1. The Kier molecular flexibility index (Phi) is 6.79. The van der Waals surface area contributed by atoms with Gasteiger partial charge in [0.2, 0.25) is 5.91 Å². The lowest BCUT2D eigenvalue weighted by Gasteiger charge is -2.21. The van der Waals surface area contributed by atoms with E-state index < -0.39 is 0 Å². The highest BCUT2D eigenvalue weighted by molar-refractivity contribution is 6.30. The highest BCUT2D eigenvalue weighted by atomic mass is 35.5. The zero-order chi connectivity index (χ0) is 20.8. The van der Waals surface area contributed by atoms with Crippen LogP contribution in [0, 0.1) is 0 Å². The van der Waals surface area contributed by atoms with Crippen molar-refractivity contribution < 1.29 is 4.79 Å². The van der Waals surface area contributed by atoms with Crippen molar-refractivity contribution in [2.45, 2.75) is 13.0 Å². The molecule has 1 fully saturated rings. The number of rotatable bonds is 6. The van der Waals surface area contributed by atoms with Crippen LogP contribution in [0.4, 0.5) is 5.69 Å². The van der Waals surface area contributed by atoms with Gasteiger partial charge in [-0.25, -0.2) is 4.98 Å². The third-order valence-corrected chi connectivity index (χ3v) is 5.46. The fraction of sp³-hybridized carbons (Fsp3) is 0.304. The maximum atomic E-state index is 12.4. The van der Waals surface area contributed by atoms with E-state index in [1.54, 1.807) is 12.1 Å². The van der Waals surface area contributed by atoms with Crippen LogP contribution in [0.15, 0.2) is 60.8 Å². The maximum absolute atomic E-state index is 12.4. The molecule has 6 nitrogen and oxygen atoms in total. The molecule has 0 saturated carbocycles. The van der Waals surface area contributed by atoms with Crippen molar-refractivity contribution in [3.8, 4) is 11.4 Å². The van der Waals surface area contributed by atoms with Gasteiger partial charge in [0.1, 0.15) is 5.82 Å². The summed E-state index contributed by atoms with van der Waals surface area (Å²) in [6.07, 6.45) is 2.95. The molecule has 2 N–H and O–H groups in total. The number of amides is 1. The van der Waals surface area contributed by atoms with Gasteiger partial charge in [0.05, 0.1) is 6.54 Å². The lowest BCUT2D eigenvalue weighted by atomic mass is 10.2. The molecule has 0 unspecified atom stereocenters. The molecule has 1 aliphatic rings. The number of hydrogen-bond donors (Lipinski definition) is 2. The van der Waals surface area contributed by atoms with Crippen LogP contribution in [0.3, 0.4) is 0 Å². The van der Waals surface area contributed by atoms with Crippen molar-refractivity contribution in [3.05, 3.63) is 71.5 Å². The summed E-state index contributed by atoms with van der Waals surface area (Å²) < 4.78 is 0. The van der Waals surface area contributed by atoms with Crippen LogP contribution >= 0.6 is 11.6 Å². The molecule has 0 bridgehead atoms. The third-order valence-electron chi connectivity index (χ3n) is 5.23. The molecular weight excluding hydrogens is 398 g/mol. The van der Waals surface area contributed by atoms with Crippen LogP contribution < -0.4 is 5.32 Å². The van der Waals surface area contributed by atoms with Crippen molar-refractivity contribution in [1.29, 1.82) is 0 Å². The minimum atomic E-state index is -0.00760. The Morgan fingerprint density at radius 3 is 2.67 bits per heavy atom. The van der Waals surface area contributed by atoms with Gasteiger partial charge in [-0.1, -0.05) is 48.0 Å². The fourth-order valence-corrected chi connectivity index (χ4v) is 3.92. The minimum Gasteiger partial charge on any atom is -0.341 e. The summed E-state index contributed by atoms with van der Waals surface area (Å²) in [4.78, 5) is 25.0. The molecule has 2 aromatic carbocycles. The Hall–Kier alpha value is -2.67. The standard InChI is InChI=1S/C23H26ClN5O/c24-19-8-4-9-20(14-19)26-22(30)17-29-11-5-10-28(12-13-29)16-21-15-25-23(27-21)18-6-2-1-3-7-18/h1-4,6-9,14-15H,5,10-13,16-17H2,(H,25,27)(H,26,30). The average molecular weight is 424 g/mol. The quantitative estimate of drug-likeness (QED) is 0.631. The first-order valence-corrected chi connectivity index (χ1v) is 10.6. The Morgan fingerprint density at radius 1 is 1.03 bits per heavy atom. The number of H-pyrrole nitrogens is 1. The van der Waals surface area contributed by atoms with Crippen LogP contribution in [0.1, 0.15) is 12.1 Å². The summed E-state index contributed by atoms with van der Waals surface area (Å²) in [5.74, 6) is 0.895. The number of nitrogens with one attached hydrogen (secondary N) is 2. The molecule has 1 aliphatic heterocycles. The van der Waals surface area contributed by atoms with Crippen LogP contribution in [0.25, 0.3) is 11.4 Å². The number of nitrogens with zero attached hydrogens (tertiary/aromatic N) is 3. The highest BCUT2D eigenvalue weighted by Gasteiger charge is 2.18. The van der Waals surface area contributed by atoms with Crippen LogP contribution in [0.2, 0.25) is 5.02 Å². The van der Waals surface area contributed by atoms with E-state index >= 15 is 0 Å². The molecule has 156 valence electrons. The number of carbonyl (C=O) groups excluding carboxylic acids is 1. The van der Waals surface area contributed by atoms with Gasteiger partial charge < -0.3 is 10.3 Å². The van der Waals surface area contributed by atoms with Gasteiger partial charge >= 0.3 is 0 Å². The average Bonchev–Trinajstić information content (AvgIpc) is 3.10. The normalized spacial score (nSPS) is 15.6. The van der Waals surface area contributed by atoms with Crippen LogP contribution in [0.5, 0.6) is 0 Å². The van der Waals surface area contributed by atoms with E-state index in [4.69, 9.17) is 11.6 Å². The van der Waals surface area contributed by atoms with E-state index in [1.807, 2.05) is 36.5 Å². The monoisotopic (exact) mass is 423 g/mol. The molecular formula is C23H26ClN5O. The lowest BCUT2D eigenvalue weighted by Crippen LogP contribution is -2.36. The Balaban J connectivity index is 1.27. The lowest BCUT2D eigenvalue weighted by molar-refractivity contribution is -0.117. The smallest absolute Gasteiger partial charge is 0.238 e. The molecule has 1 aromatic heterocycles. The summed E-state index contributed by atoms with van der Waals surface area (Å²) in [5, 5.41) is 3.55. The molecule has 0 atom stereocenters. The number of anilines is 1. The molecule has 30 heavy (non-hydrogen) atoms. The second-order valence-corrected chi connectivity index (χ2v) is 8.02. The molecule has 0 spiro atoms. The summed E-state index contributed by atoms with van der Waals surface area (Å²) in [6.45, 7) is 4.93. The van der Waals surface area contributed by atoms with Gasteiger partial charge in [-0.05, 0) is 37.7 Å². The Bertz CT molecular complexity index is 974. The Morgan fingerprint density at radius 2 is 1.83 bits per heavy atom. The summed E-state index contributed by atoms with van der Waals surface area (Å²) in [5.41, 5.74) is 2.94. The number of halogens is 1. The second-order valence-electron chi connectivity index (χ2n) is 7.59. The van der Waals surface area contributed by atoms with E-state index in [9.17, 15) is 4.79 Å². The maximum Gasteiger partial charge on any atom is 0.238 e. The van der Waals surface area contributed by atoms with Crippen LogP contribution in [-0.4, -0.2) is 58.4 Å².